The van der Waals surface area contributed by atoms with E-state index in [4.69, 9.17) is 4.74 Å². The zero-order chi connectivity index (χ0) is 15.5. The van der Waals surface area contributed by atoms with Crippen molar-refractivity contribution in [3.8, 4) is 0 Å². The molecule has 3 nitrogen and oxygen atoms in total. The van der Waals surface area contributed by atoms with E-state index in [1.54, 1.807) is 0 Å². The fourth-order valence-corrected chi connectivity index (χ4v) is 1.77. The highest BCUT2D eigenvalue weighted by molar-refractivity contribution is 5.67. The first-order valence-corrected chi connectivity index (χ1v) is 7.31. The average Bonchev–Trinajstić information content (AvgIpc) is 2.46. The highest BCUT2D eigenvalue weighted by atomic mass is 16.5. The van der Waals surface area contributed by atoms with Gasteiger partial charge in [0.15, 0.2) is 0 Å². The Morgan fingerprint density at radius 1 is 1.14 bits per heavy atom. The molecule has 0 aliphatic carbocycles. The summed E-state index contributed by atoms with van der Waals surface area (Å²) in [6, 6.07) is 9.65. The first-order chi connectivity index (χ1) is 10.1. The summed E-state index contributed by atoms with van der Waals surface area (Å²) >= 11 is 0. The normalized spacial score (nSPS) is 10.9. The fourth-order valence-electron chi connectivity index (χ4n) is 1.77. The third-order valence-corrected chi connectivity index (χ3v) is 3.00. The van der Waals surface area contributed by atoms with Crippen LogP contribution in [0.5, 0.6) is 0 Å². The van der Waals surface area contributed by atoms with Crippen LogP contribution < -0.4 is 5.32 Å². The Hall–Kier alpha value is -2.03. The molecule has 3 heteroatoms. The summed E-state index contributed by atoms with van der Waals surface area (Å²) < 4.78 is 5.13. The number of amides is 1. The molecule has 0 atom stereocenters. The summed E-state index contributed by atoms with van der Waals surface area (Å²) in [6.45, 7) is 7.09. The number of carbonyl (C=O) groups excluding carboxylic acids is 1. The SMILES string of the molecule is CC(C)=CCC/C(C)=C/CNC(=O)OCc1ccccc1. The van der Waals surface area contributed by atoms with Crippen LogP contribution in [-0.4, -0.2) is 12.6 Å². The van der Waals surface area contributed by atoms with Gasteiger partial charge in [0.1, 0.15) is 6.61 Å². The van der Waals surface area contributed by atoms with Crippen LogP contribution in [0.2, 0.25) is 0 Å². The fraction of sp³-hybridized carbons (Fsp3) is 0.389. The van der Waals surface area contributed by atoms with Crippen molar-refractivity contribution in [2.45, 2.75) is 40.2 Å². The summed E-state index contributed by atoms with van der Waals surface area (Å²) in [5.74, 6) is 0. The van der Waals surface area contributed by atoms with Crippen molar-refractivity contribution in [3.63, 3.8) is 0 Å². The molecule has 0 fully saturated rings. The first kappa shape index (κ1) is 17.0. The Bertz CT molecular complexity index is 485. The lowest BCUT2D eigenvalue weighted by Crippen LogP contribution is -2.24. The molecule has 21 heavy (non-hydrogen) atoms. The van der Waals surface area contributed by atoms with Gasteiger partial charge >= 0.3 is 6.09 Å². The summed E-state index contributed by atoms with van der Waals surface area (Å²) in [4.78, 5) is 11.5. The molecule has 0 aliphatic rings. The molecule has 1 N–H and O–H groups in total. The van der Waals surface area contributed by atoms with Gasteiger partial charge in [-0.3, -0.25) is 0 Å². The number of benzene rings is 1. The van der Waals surface area contributed by atoms with Gasteiger partial charge in [0.05, 0.1) is 0 Å². The van der Waals surface area contributed by atoms with E-state index in [0.29, 0.717) is 13.2 Å². The molecule has 0 unspecified atom stereocenters. The molecule has 0 heterocycles. The van der Waals surface area contributed by atoms with Crippen LogP contribution >= 0.6 is 0 Å². The maximum Gasteiger partial charge on any atom is 0.407 e. The predicted molar refractivity (Wildman–Crippen MR) is 87.1 cm³/mol. The zero-order valence-electron chi connectivity index (χ0n) is 13.2. The predicted octanol–water partition coefficient (Wildman–Crippen LogP) is 4.61. The summed E-state index contributed by atoms with van der Waals surface area (Å²) in [5.41, 5.74) is 3.60. The van der Waals surface area contributed by atoms with Crippen LogP contribution in [0.25, 0.3) is 0 Å². The van der Waals surface area contributed by atoms with Crippen LogP contribution in [0.1, 0.15) is 39.2 Å². The van der Waals surface area contributed by atoms with Crippen LogP contribution in [0, 0.1) is 0 Å². The van der Waals surface area contributed by atoms with Gasteiger partial charge < -0.3 is 10.1 Å². The van der Waals surface area contributed by atoms with E-state index in [-0.39, 0.29) is 6.09 Å². The number of rotatable bonds is 7. The molecule has 0 spiro atoms. The number of alkyl carbamates (subject to hydrolysis) is 1. The van der Waals surface area contributed by atoms with E-state index >= 15 is 0 Å². The Balaban J connectivity index is 2.19. The van der Waals surface area contributed by atoms with Gasteiger partial charge in [0, 0.05) is 6.54 Å². The molecule has 0 bridgehead atoms. The lowest BCUT2D eigenvalue weighted by molar-refractivity contribution is 0.140. The van der Waals surface area contributed by atoms with E-state index in [2.05, 4.69) is 32.2 Å². The number of hydrogen-bond donors (Lipinski definition) is 1. The minimum Gasteiger partial charge on any atom is -0.445 e. The molecule has 1 amide bonds. The lowest BCUT2D eigenvalue weighted by atomic mass is 10.1. The van der Waals surface area contributed by atoms with E-state index in [1.807, 2.05) is 36.4 Å². The number of ether oxygens (including phenoxy) is 1. The molecule has 0 radical (unpaired) electrons. The molecule has 114 valence electrons. The Kier molecular flexibility index (Phi) is 7.95. The van der Waals surface area contributed by atoms with Gasteiger partial charge in [-0.25, -0.2) is 4.79 Å². The molecule has 0 saturated carbocycles. The Labute approximate surface area is 127 Å². The summed E-state index contributed by atoms with van der Waals surface area (Å²) in [7, 11) is 0. The van der Waals surface area contributed by atoms with Gasteiger partial charge in [-0.15, -0.1) is 0 Å². The molecule has 0 aliphatic heterocycles. The number of allylic oxidation sites excluding steroid dienone is 3. The van der Waals surface area contributed by atoms with E-state index in [9.17, 15) is 4.79 Å². The van der Waals surface area contributed by atoms with Crippen molar-refractivity contribution in [3.05, 3.63) is 59.2 Å². The average molecular weight is 287 g/mol. The summed E-state index contributed by atoms with van der Waals surface area (Å²) in [6.07, 6.45) is 5.93. The second kappa shape index (κ2) is 9.81. The topological polar surface area (TPSA) is 38.3 Å². The monoisotopic (exact) mass is 287 g/mol. The van der Waals surface area contributed by atoms with Gasteiger partial charge in [-0.05, 0) is 39.2 Å². The van der Waals surface area contributed by atoms with Crippen LogP contribution in [0.15, 0.2) is 53.6 Å². The van der Waals surface area contributed by atoms with E-state index in [0.717, 1.165) is 18.4 Å². The van der Waals surface area contributed by atoms with Crippen molar-refractivity contribution >= 4 is 6.09 Å². The minimum absolute atomic E-state index is 0.302. The standard InChI is InChI=1S/C18H25NO2/c1-15(2)8-7-9-16(3)12-13-19-18(20)21-14-17-10-5-4-6-11-17/h4-6,8,10-12H,7,9,13-14H2,1-3H3,(H,19,20)/b16-12+. The van der Waals surface area contributed by atoms with Crippen molar-refractivity contribution in [1.82, 2.24) is 5.32 Å². The van der Waals surface area contributed by atoms with E-state index < -0.39 is 0 Å². The molecular formula is C18H25NO2. The number of hydrogen-bond acceptors (Lipinski definition) is 2. The minimum atomic E-state index is -0.382. The largest absolute Gasteiger partial charge is 0.445 e. The van der Waals surface area contributed by atoms with Gasteiger partial charge in [-0.1, -0.05) is 53.6 Å². The first-order valence-electron chi connectivity index (χ1n) is 7.31. The van der Waals surface area contributed by atoms with Crippen molar-refractivity contribution in [2.75, 3.05) is 6.54 Å². The number of carbonyl (C=O) groups is 1. The van der Waals surface area contributed by atoms with Crippen molar-refractivity contribution in [1.29, 1.82) is 0 Å². The Morgan fingerprint density at radius 3 is 2.52 bits per heavy atom. The van der Waals surface area contributed by atoms with Gasteiger partial charge in [0.2, 0.25) is 0 Å². The zero-order valence-corrected chi connectivity index (χ0v) is 13.2. The molecular weight excluding hydrogens is 262 g/mol. The highest BCUT2D eigenvalue weighted by Gasteiger charge is 2.00. The summed E-state index contributed by atoms with van der Waals surface area (Å²) in [5, 5.41) is 2.73. The Morgan fingerprint density at radius 2 is 1.86 bits per heavy atom. The molecule has 0 aromatic heterocycles. The van der Waals surface area contributed by atoms with Crippen LogP contribution in [-0.2, 0) is 11.3 Å². The molecule has 1 aromatic carbocycles. The second-order valence-corrected chi connectivity index (χ2v) is 5.31. The van der Waals surface area contributed by atoms with Gasteiger partial charge in [-0.2, -0.15) is 0 Å². The molecule has 0 saturated heterocycles. The maximum atomic E-state index is 11.5. The quantitative estimate of drug-likeness (QED) is 0.744. The lowest BCUT2D eigenvalue weighted by Gasteiger charge is -2.06. The second-order valence-electron chi connectivity index (χ2n) is 5.31. The number of nitrogens with one attached hydrogen (secondary N) is 1. The third kappa shape index (κ3) is 8.69. The maximum absolute atomic E-state index is 11.5. The third-order valence-electron chi connectivity index (χ3n) is 3.00. The van der Waals surface area contributed by atoms with Crippen molar-refractivity contribution < 1.29 is 9.53 Å². The van der Waals surface area contributed by atoms with Crippen LogP contribution in [0.3, 0.4) is 0 Å². The molecule has 1 rings (SSSR count). The van der Waals surface area contributed by atoms with Crippen LogP contribution in [0.4, 0.5) is 4.79 Å². The highest BCUT2D eigenvalue weighted by Crippen LogP contribution is 2.06. The molecule has 1 aromatic rings. The van der Waals surface area contributed by atoms with E-state index in [1.165, 1.54) is 11.1 Å². The smallest absolute Gasteiger partial charge is 0.407 e. The van der Waals surface area contributed by atoms with Crippen molar-refractivity contribution in [2.24, 2.45) is 0 Å². The van der Waals surface area contributed by atoms with Gasteiger partial charge in [0.25, 0.3) is 0 Å².